The molecule has 2 saturated heterocycles. The topological polar surface area (TPSA) is 24.5 Å². The van der Waals surface area contributed by atoms with Crippen LogP contribution in [0.25, 0.3) is 0 Å². The van der Waals surface area contributed by atoms with Crippen molar-refractivity contribution in [3.63, 3.8) is 0 Å². The normalized spacial score (nSPS) is 41.7. The minimum atomic E-state index is 0.574. The fourth-order valence-corrected chi connectivity index (χ4v) is 2.50. The smallest absolute Gasteiger partial charge is 0.0633 e. The first-order valence-electron chi connectivity index (χ1n) is 3.59. The molecule has 0 saturated carbocycles. The maximum absolute atomic E-state index is 5.39. The SMILES string of the molecule is IN1CC2COCC(C1)N2. The van der Waals surface area contributed by atoms with Gasteiger partial charge in [-0.3, -0.25) is 0 Å². The maximum atomic E-state index is 5.39. The summed E-state index contributed by atoms with van der Waals surface area (Å²) < 4.78 is 7.73. The van der Waals surface area contributed by atoms with E-state index in [1.165, 1.54) is 0 Å². The molecule has 0 radical (unpaired) electrons. The van der Waals surface area contributed by atoms with Gasteiger partial charge in [-0.05, 0) is 0 Å². The first-order chi connectivity index (χ1) is 4.84. The summed E-state index contributed by atoms with van der Waals surface area (Å²) in [6.07, 6.45) is 0. The first kappa shape index (κ1) is 7.27. The van der Waals surface area contributed by atoms with Gasteiger partial charge in [0, 0.05) is 48.0 Å². The van der Waals surface area contributed by atoms with Crippen LogP contribution >= 0.6 is 22.9 Å². The molecule has 0 aromatic carbocycles. The van der Waals surface area contributed by atoms with Crippen LogP contribution in [0.15, 0.2) is 0 Å². The highest BCUT2D eigenvalue weighted by molar-refractivity contribution is 14.1. The van der Waals surface area contributed by atoms with Crippen molar-refractivity contribution in [2.24, 2.45) is 0 Å². The maximum Gasteiger partial charge on any atom is 0.0633 e. The molecule has 3 nitrogen and oxygen atoms in total. The van der Waals surface area contributed by atoms with Gasteiger partial charge in [-0.1, -0.05) is 0 Å². The van der Waals surface area contributed by atoms with Crippen LogP contribution < -0.4 is 5.32 Å². The molecule has 0 spiro atoms. The molecule has 0 aliphatic carbocycles. The van der Waals surface area contributed by atoms with E-state index in [1.807, 2.05) is 0 Å². The molecule has 1 N–H and O–H groups in total. The van der Waals surface area contributed by atoms with E-state index in [4.69, 9.17) is 4.74 Å². The molecule has 0 aromatic heterocycles. The van der Waals surface area contributed by atoms with E-state index in [9.17, 15) is 0 Å². The molecule has 2 heterocycles. The number of fused-ring (bicyclic) bond motifs is 2. The Kier molecular flexibility index (Phi) is 2.13. The van der Waals surface area contributed by atoms with E-state index in [-0.39, 0.29) is 0 Å². The third-order valence-electron chi connectivity index (χ3n) is 1.95. The van der Waals surface area contributed by atoms with Crippen LogP contribution in [-0.2, 0) is 4.74 Å². The van der Waals surface area contributed by atoms with Crippen LogP contribution in [0, 0.1) is 0 Å². The molecule has 2 aliphatic rings. The summed E-state index contributed by atoms with van der Waals surface area (Å²) in [6.45, 7) is 4.01. The van der Waals surface area contributed by atoms with Crippen molar-refractivity contribution in [1.82, 2.24) is 8.43 Å². The molecule has 2 rings (SSSR count). The average Bonchev–Trinajstić information content (AvgIpc) is 1.85. The third-order valence-corrected chi connectivity index (χ3v) is 2.73. The summed E-state index contributed by atoms with van der Waals surface area (Å²) >= 11 is 2.38. The molecule has 0 amide bonds. The zero-order chi connectivity index (χ0) is 6.97. The van der Waals surface area contributed by atoms with Gasteiger partial charge in [0.15, 0.2) is 0 Å². The number of piperazine rings is 1. The molecule has 4 heteroatoms. The highest BCUT2D eigenvalue weighted by Crippen LogP contribution is 2.13. The van der Waals surface area contributed by atoms with Crippen LogP contribution in [0.3, 0.4) is 0 Å². The van der Waals surface area contributed by atoms with Gasteiger partial charge in [0.25, 0.3) is 0 Å². The lowest BCUT2D eigenvalue weighted by atomic mass is 10.1. The van der Waals surface area contributed by atoms with Crippen LogP contribution in [0.5, 0.6) is 0 Å². The van der Waals surface area contributed by atoms with Crippen LogP contribution in [0.1, 0.15) is 0 Å². The quantitative estimate of drug-likeness (QED) is 0.487. The molecule has 2 bridgehead atoms. The molecule has 0 aromatic rings. The van der Waals surface area contributed by atoms with E-state index >= 15 is 0 Å². The number of ether oxygens (including phenoxy) is 1. The minimum absolute atomic E-state index is 0.574. The molecule has 2 unspecified atom stereocenters. The predicted molar refractivity (Wildman–Crippen MR) is 47.1 cm³/mol. The predicted octanol–water partition coefficient (Wildman–Crippen LogP) is 0.00900. The summed E-state index contributed by atoms with van der Waals surface area (Å²) in [6, 6.07) is 1.15. The van der Waals surface area contributed by atoms with Gasteiger partial charge < -0.3 is 10.1 Å². The zero-order valence-electron chi connectivity index (χ0n) is 5.72. The van der Waals surface area contributed by atoms with Crippen molar-refractivity contribution in [2.75, 3.05) is 26.3 Å². The lowest BCUT2D eigenvalue weighted by Crippen LogP contribution is -2.60. The summed E-state index contributed by atoms with van der Waals surface area (Å²) in [5, 5.41) is 3.51. The van der Waals surface area contributed by atoms with E-state index in [2.05, 4.69) is 31.3 Å². The van der Waals surface area contributed by atoms with Crippen molar-refractivity contribution < 1.29 is 4.74 Å². The van der Waals surface area contributed by atoms with Crippen molar-refractivity contribution in [2.45, 2.75) is 12.1 Å². The highest BCUT2D eigenvalue weighted by Gasteiger charge is 2.28. The number of halogens is 1. The van der Waals surface area contributed by atoms with E-state index in [0.29, 0.717) is 12.1 Å². The van der Waals surface area contributed by atoms with Crippen molar-refractivity contribution >= 4 is 22.9 Å². The zero-order valence-corrected chi connectivity index (χ0v) is 7.87. The van der Waals surface area contributed by atoms with E-state index in [1.54, 1.807) is 0 Å². The molecule has 2 aliphatic heterocycles. The van der Waals surface area contributed by atoms with E-state index in [0.717, 1.165) is 26.3 Å². The summed E-state index contributed by atoms with van der Waals surface area (Å²) in [7, 11) is 0. The molecular formula is C6H11IN2O. The number of nitrogens with zero attached hydrogens (tertiary/aromatic N) is 1. The number of hydrogen-bond acceptors (Lipinski definition) is 3. The van der Waals surface area contributed by atoms with Crippen molar-refractivity contribution in [3.05, 3.63) is 0 Å². The Hall–Kier alpha value is 0.610. The number of nitrogens with one attached hydrogen (secondary N) is 1. The molecule has 58 valence electrons. The summed E-state index contributed by atoms with van der Waals surface area (Å²) in [5.74, 6) is 0. The van der Waals surface area contributed by atoms with Gasteiger partial charge in [-0.15, -0.1) is 0 Å². The van der Waals surface area contributed by atoms with Gasteiger partial charge in [-0.25, -0.2) is 3.11 Å². The Balaban J connectivity index is 1.98. The molecule has 10 heavy (non-hydrogen) atoms. The van der Waals surface area contributed by atoms with Gasteiger partial charge in [0.05, 0.1) is 13.2 Å². The lowest BCUT2D eigenvalue weighted by molar-refractivity contribution is 0.0181. The first-order valence-corrected chi connectivity index (χ1v) is 4.55. The van der Waals surface area contributed by atoms with Gasteiger partial charge in [-0.2, -0.15) is 0 Å². The van der Waals surface area contributed by atoms with Crippen molar-refractivity contribution in [1.29, 1.82) is 0 Å². The van der Waals surface area contributed by atoms with Gasteiger partial charge in [0.1, 0.15) is 0 Å². The van der Waals surface area contributed by atoms with Crippen LogP contribution in [0.2, 0.25) is 0 Å². The summed E-state index contributed by atoms with van der Waals surface area (Å²) in [5.41, 5.74) is 0. The fraction of sp³-hybridized carbons (Fsp3) is 1.00. The highest BCUT2D eigenvalue weighted by atomic mass is 127. The Morgan fingerprint density at radius 3 is 2.50 bits per heavy atom. The second-order valence-corrected chi connectivity index (χ2v) is 4.29. The summed E-state index contributed by atoms with van der Waals surface area (Å²) in [4.78, 5) is 0. The Labute approximate surface area is 74.6 Å². The second-order valence-electron chi connectivity index (χ2n) is 2.93. The molecular weight excluding hydrogens is 243 g/mol. The Bertz CT molecular complexity index is 117. The molecule has 2 fully saturated rings. The monoisotopic (exact) mass is 254 g/mol. The second kappa shape index (κ2) is 2.92. The Morgan fingerprint density at radius 1 is 1.30 bits per heavy atom. The van der Waals surface area contributed by atoms with Crippen LogP contribution in [0.4, 0.5) is 0 Å². The average molecular weight is 254 g/mol. The Morgan fingerprint density at radius 2 is 1.90 bits per heavy atom. The minimum Gasteiger partial charge on any atom is -0.378 e. The van der Waals surface area contributed by atoms with Gasteiger partial charge >= 0.3 is 0 Å². The lowest BCUT2D eigenvalue weighted by Gasteiger charge is -2.39. The van der Waals surface area contributed by atoms with Crippen LogP contribution in [-0.4, -0.2) is 41.5 Å². The molecule has 2 atom stereocenters. The largest absolute Gasteiger partial charge is 0.378 e. The van der Waals surface area contributed by atoms with Gasteiger partial charge in [0.2, 0.25) is 0 Å². The van der Waals surface area contributed by atoms with E-state index < -0.39 is 0 Å². The van der Waals surface area contributed by atoms with Crippen molar-refractivity contribution in [3.8, 4) is 0 Å². The standard InChI is InChI=1S/C6H11IN2O/c7-9-1-5-3-10-4-6(2-9)8-5/h5-6,8H,1-4H2. The number of rotatable bonds is 0. The number of hydrogen-bond donors (Lipinski definition) is 1. The number of morpholine rings is 1. The third kappa shape index (κ3) is 1.44. The fourth-order valence-electron chi connectivity index (χ4n) is 1.55.